The van der Waals surface area contributed by atoms with Gasteiger partial charge in [-0.25, -0.2) is 4.39 Å². The molecule has 0 saturated carbocycles. The number of halogens is 4. The van der Waals surface area contributed by atoms with Crippen LogP contribution >= 0.6 is 0 Å². The van der Waals surface area contributed by atoms with Gasteiger partial charge in [0.25, 0.3) is 11.7 Å². The highest BCUT2D eigenvalue weighted by Crippen LogP contribution is 2.43. The van der Waals surface area contributed by atoms with Crippen molar-refractivity contribution in [2.24, 2.45) is 5.92 Å². The number of alkyl halides is 3. The Morgan fingerprint density at radius 2 is 1.68 bits per heavy atom. The average molecular weight is 513 g/mol. The van der Waals surface area contributed by atoms with Crippen molar-refractivity contribution >= 4 is 23.1 Å². The Morgan fingerprint density at radius 3 is 2.30 bits per heavy atom. The molecule has 1 heterocycles. The molecule has 1 unspecified atom stereocenters. The number of aliphatic hydroxyl groups excluding tert-OH is 1. The third-order valence-corrected chi connectivity index (χ3v) is 5.81. The zero-order valence-electron chi connectivity index (χ0n) is 19.9. The predicted molar refractivity (Wildman–Crippen MR) is 129 cm³/mol. The summed E-state index contributed by atoms with van der Waals surface area (Å²) in [5, 5.41) is 11.2. The predicted octanol–water partition coefficient (Wildman–Crippen LogP) is 6.51. The van der Waals surface area contributed by atoms with Gasteiger partial charge in [-0.15, -0.1) is 0 Å². The van der Waals surface area contributed by atoms with Crippen molar-refractivity contribution in [3.05, 3.63) is 101 Å². The first-order valence-corrected chi connectivity index (χ1v) is 11.4. The SMILES string of the molecule is CC(C)COc1cccc(/C(O)=C2\C(=O)C(=O)N(c3ccc(C(F)(F)F)cc3)C2c2ccccc2F)c1. The van der Waals surface area contributed by atoms with Crippen LogP contribution in [0.2, 0.25) is 0 Å². The van der Waals surface area contributed by atoms with E-state index in [1.165, 1.54) is 30.3 Å². The van der Waals surface area contributed by atoms with Gasteiger partial charge in [0.15, 0.2) is 0 Å². The minimum Gasteiger partial charge on any atom is -0.507 e. The van der Waals surface area contributed by atoms with Crippen LogP contribution in [0.15, 0.2) is 78.4 Å². The lowest BCUT2D eigenvalue weighted by Crippen LogP contribution is -2.30. The third-order valence-electron chi connectivity index (χ3n) is 5.81. The Hall–Kier alpha value is -4.14. The molecule has 0 spiro atoms. The van der Waals surface area contributed by atoms with Crippen molar-refractivity contribution in [2.75, 3.05) is 11.5 Å². The van der Waals surface area contributed by atoms with Gasteiger partial charge in [0.2, 0.25) is 0 Å². The van der Waals surface area contributed by atoms with Crippen molar-refractivity contribution in [1.29, 1.82) is 0 Å². The van der Waals surface area contributed by atoms with E-state index in [4.69, 9.17) is 4.74 Å². The molecule has 3 aromatic carbocycles. The monoisotopic (exact) mass is 513 g/mol. The summed E-state index contributed by atoms with van der Waals surface area (Å²) in [6.07, 6.45) is -4.61. The second-order valence-corrected chi connectivity index (χ2v) is 8.97. The fraction of sp³-hybridized carbons (Fsp3) is 0.214. The van der Waals surface area contributed by atoms with Crippen molar-refractivity contribution in [2.45, 2.75) is 26.1 Å². The van der Waals surface area contributed by atoms with Crippen LogP contribution in [0.4, 0.5) is 23.2 Å². The second-order valence-electron chi connectivity index (χ2n) is 8.97. The van der Waals surface area contributed by atoms with Gasteiger partial charge in [-0.1, -0.05) is 44.2 Å². The zero-order valence-corrected chi connectivity index (χ0v) is 19.9. The van der Waals surface area contributed by atoms with Gasteiger partial charge in [-0.05, 0) is 48.4 Å². The number of carbonyl (C=O) groups is 2. The number of hydrogen-bond acceptors (Lipinski definition) is 4. The first-order valence-electron chi connectivity index (χ1n) is 11.4. The highest BCUT2D eigenvalue weighted by Gasteiger charge is 2.48. The Morgan fingerprint density at radius 1 is 1.00 bits per heavy atom. The molecular weight excluding hydrogens is 490 g/mol. The number of aliphatic hydroxyl groups is 1. The van der Waals surface area contributed by atoms with Crippen LogP contribution in [0.25, 0.3) is 5.76 Å². The smallest absolute Gasteiger partial charge is 0.416 e. The largest absolute Gasteiger partial charge is 0.507 e. The standard InChI is InChI=1S/C28H23F4NO4/c1-16(2)15-37-20-7-5-6-17(14-20)25(34)23-24(21-8-3-4-9-22(21)29)33(27(36)26(23)35)19-12-10-18(11-13-19)28(30,31)32/h3-14,16,24,34H,15H2,1-2H3/b25-23+. The lowest BCUT2D eigenvalue weighted by Gasteiger charge is -2.26. The van der Waals surface area contributed by atoms with Crippen LogP contribution in [0.5, 0.6) is 5.75 Å². The van der Waals surface area contributed by atoms with E-state index in [-0.39, 0.29) is 22.7 Å². The number of anilines is 1. The number of Topliss-reactive ketones (excluding diaryl/α,β-unsaturated/α-hetero) is 1. The molecule has 1 saturated heterocycles. The van der Waals surface area contributed by atoms with Crippen LogP contribution in [0, 0.1) is 11.7 Å². The zero-order chi connectivity index (χ0) is 26.9. The summed E-state index contributed by atoms with van der Waals surface area (Å²) in [5.74, 6) is -2.88. The number of hydrogen-bond donors (Lipinski definition) is 1. The fourth-order valence-corrected chi connectivity index (χ4v) is 4.05. The number of ether oxygens (including phenoxy) is 1. The van der Waals surface area contributed by atoms with E-state index in [1.54, 1.807) is 12.1 Å². The summed E-state index contributed by atoms with van der Waals surface area (Å²) < 4.78 is 59.9. The molecule has 1 atom stereocenters. The van der Waals surface area contributed by atoms with Crippen LogP contribution in [-0.2, 0) is 15.8 Å². The number of nitrogens with zero attached hydrogens (tertiary/aromatic N) is 1. The molecule has 192 valence electrons. The summed E-state index contributed by atoms with van der Waals surface area (Å²) in [4.78, 5) is 27.2. The average Bonchev–Trinajstić information content (AvgIpc) is 3.12. The summed E-state index contributed by atoms with van der Waals surface area (Å²) in [5.41, 5.74) is -1.34. The number of amides is 1. The molecule has 1 amide bonds. The van der Waals surface area contributed by atoms with Crippen LogP contribution in [0.1, 0.15) is 36.6 Å². The van der Waals surface area contributed by atoms with Gasteiger partial charge in [-0.2, -0.15) is 13.2 Å². The first kappa shape index (κ1) is 25.9. The van der Waals surface area contributed by atoms with E-state index < -0.39 is 46.6 Å². The van der Waals surface area contributed by atoms with Crippen LogP contribution in [-0.4, -0.2) is 23.4 Å². The molecule has 37 heavy (non-hydrogen) atoms. The minimum atomic E-state index is -4.61. The van der Waals surface area contributed by atoms with E-state index in [0.29, 0.717) is 12.4 Å². The molecule has 1 N–H and O–H groups in total. The van der Waals surface area contributed by atoms with Crippen LogP contribution in [0.3, 0.4) is 0 Å². The highest BCUT2D eigenvalue weighted by molar-refractivity contribution is 6.51. The van der Waals surface area contributed by atoms with E-state index in [2.05, 4.69) is 0 Å². The molecule has 1 fully saturated rings. The van der Waals surface area contributed by atoms with E-state index in [9.17, 15) is 32.3 Å². The number of ketones is 1. The van der Waals surface area contributed by atoms with Crippen molar-refractivity contribution in [3.8, 4) is 5.75 Å². The van der Waals surface area contributed by atoms with Crippen molar-refractivity contribution < 1.29 is 37.0 Å². The number of carbonyl (C=O) groups excluding carboxylic acids is 2. The Kier molecular flexibility index (Phi) is 7.07. The fourth-order valence-electron chi connectivity index (χ4n) is 4.05. The molecule has 1 aliphatic heterocycles. The highest BCUT2D eigenvalue weighted by atomic mass is 19.4. The van der Waals surface area contributed by atoms with Gasteiger partial charge in [-0.3, -0.25) is 14.5 Å². The normalized spacial score (nSPS) is 17.5. The molecule has 0 aliphatic carbocycles. The van der Waals surface area contributed by atoms with Gasteiger partial charge < -0.3 is 9.84 Å². The van der Waals surface area contributed by atoms with Gasteiger partial charge in [0.05, 0.1) is 23.8 Å². The number of benzene rings is 3. The molecule has 3 aromatic rings. The Labute approximate surface area is 210 Å². The summed E-state index contributed by atoms with van der Waals surface area (Å²) in [6.45, 7) is 4.32. The maximum Gasteiger partial charge on any atom is 0.416 e. The quantitative estimate of drug-likeness (QED) is 0.177. The van der Waals surface area contributed by atoms with E-state index in [1.807, 2.05) is 13.8 Å². The lowest BCUT2D eigenvalue weighted by atomic mass is 9.94. The summed E-state index contributed by atoms with van der Waals surface area (Å²) in [6, 6.07) is 13.8. The molecule has 0 bridgehead atoms. The minimum absolute atomic E-state index is 0.0589. The van der Waals surface area contributed by atoms with E-state index in [0.717, 1.165) is 35.2 Å². The molecule has 0 radical (unpaired) electrons. The second kappa shape index (κ2) is 10.1. The molecular formula is C28H23F4NO4. The van der Waals surface area contributed by atoms with Crippen molar-refractivity contribution in [3.63, 3.8) is 0 Å². The third kappa shape index (κ3) is 5.21. The molecule has 0 aromatic heterocycles. The summed E-state index contributed by atoms with van der Waals surface area (Å²) >= 11 is 0. The van der Waals surface area contributed by atoms with Gasteiger partial charge in [0.1, 0.15) is 17.3 Å². The maximum atomic E-state index is 15.0. The van der Waals surface area contributed by atoms with Crippen molar-refractivity contribution in [1.82, 2.24) is 0 Å². The van der Waals surface area contributed by atoms with Gasteiger partial charge in [0, 0.05) is 16.8 Å². The molecule has 1 aliphatic rings. The molecule has 5 nitrogen and oxygen atoms in total. The Balaban J connectivity index is 1.86. The van der Waals surface area contributed by atoms with Crippen LogP contribution < -0.4 is 9.64 Å². The Bertz CT molecular complexity index is 1360. The lowest BCUT2D eigenvalue weighted by molar-refractivity contribution is -0.137. The topological polar surface area (TPSA) is 66.8 Å². The number of rotatable bonds is 6. The summed E-state index contributed by atoms with van der Waals surface area (Å²) in [7, 11) is 0. The van der Waals surface area contributed by atoms with E-state index >= 15 is 0 Å². The molecule has 4 rings (SSSR count). The first-order chi connectivity index (χ1) is 17.5. The maximum absolute atomic E-state index is 15.0. The molecule has 9 heteroatoms. The van der Waals surface area contributed by atoms with Gasteiger partial charge >= 0.3 is 6.18 Å².